The monoisotopic (exact) mass is 463 g/mol. The zero-order valence-corrected chi connectivity index (χ0v) is 19.2. The molecule has 0 aliphatic carbocycles. The van der Waals surface area contributed by atoms with E-state index < -0.39 is 30.7 Å². The largest absolute Gasteiger partial charge is 0.494 e. The molecule has 2 aromatic rings. The first kappa shape index (κ1) is 24.6. The van der Waals surface area contributed by atoms with Gasteiger partial charge in [0.2, 0.25) is 0 Å². The van der Waals surface area contributed by atoms with E-state index in [-0.39, 0.29) is 0 Å². The summed E-state index contributed by atoms with van der Waals surface area (Å²) in [6.45, 7) is 5.17. The zero-order valence-electron chi connectivity index (χ0n) is 18.4. The Kier molecular flexibility index (Phi) is 8.64. The van der Waals surface area contributed by atoms with Crippen LogP contribution in [0.4, 0.5) is 0 Å². The molecule has 3 rings (SSSR count). The first-order valence-electron chi connectivity index (χ1n) is 10.7. The molecule has 2 aromatic carbocycles. The molecular formula is C24H30ClNO6. The Morgan fingerprint density at radius 1 is 1.03 bits per heavy atom. The molecule has 8 heteroatoms. The van der Waals surface area contributed by atoms with Crippen LogP contribution >= 0.6 is 11.6 Å². The summed E-state index contributed by atoms with van der Waals surface area (Å²) in [5.41, 5.74) is 2.83. The number of methoxy groups -OCH3 is 1. The average Bonchev–Trinajstić information content (AvgIpc) is 2.80. The standard InChI is InChI=1S/C24H30ClNO6/c1-4-12-26-19(14-6-9-16(10-7-14)31-5-2)17-13-15(8-11-18(17)25)23-21(28)20(27)22(29)24(30-3)32-23/h6-11,13,20-24,27-29H,4-5,12H2,1-3H3/t20-,21-,22-,23-,24-/m1/s1. The summed E-state index contributed by atoms with van der Waals surface area (Å²) in [5.74, 6) is 0.766. The number of aliphatic imine (C=N–C) groups is 1. The highest BCUT2D eigenvalue weighted by atomic mass is 35.5. The maximum Gasteiger partial charge on any atom is 0.186 e. The van der Waals surface area contributed by atoms with Crippen molar-refractivity contribution in [2.45, 2.75) is 51.0 Å². The van der Waals surface area contributed by atoms with E-state index in [9.17, 15) is 15.3 Å². The molecule has 7 nitrogen and oxygen atoms in total. The summed E-state index contributed by atoms with van der Waals surface area (Å²) in [5, 5.41) is 31.3. The van der Waals surface area contributed by atoms with Gasteiger partial charge in [-0.05, 0) is 55.3 Å². The first-order chi connectivity index (χ1) is 15.4. The lowest BCUT2D eigenvalue weighted by molar-refractivity contribution is -0.292. The van der Waals surface area contributed by atoms with Crippen LogP contribution < -0.4 is 4.74 Å². The fraction of sp³-hybridized carbons (Fsp3) is 0.458. The van der Waals surface area contributed by atoms with Crippen LogP contribution in [0, 0.1) is 0 Å². The third-order valence-electron chi connectivity index (χ3n) is 5.31. The van der Waals surface area contributed by atoms with Crippen LogP contribution in [0.2, 0.25) is 5.02 Å². The second-order valence-corrected chi connectivity index (χ2v) is 7.97. The lowest BCUT2D eigenvalue weighted by Gasteiger charge is -2.40. The molecule has 0 amide bonds. The van der Waals surface area contributed by atoms with Crippen molar-refractivity contribution in [3.05, 3.63) is 64.2 Å². The van der Waals surface area contributed by atoms with E-state index in [0.29, 0.717) is 35.0 Å². The van der Waals surface area contributed by atoms with Crippen molar-refractivity contribution < 1.29 is 29.5 Å². The number of nitrogens with zero attached hydrogens (tertiary/aromatic N) is 1. The Bertz CT molecular complexity index is 917. The van der Waals surface area contributed by atoms with Gasteiger partial charge in [0, 0.05) is 29.8 Å². The summed E-state index contributed by atoms with van der Waals surface area (Å²) in [4.78, 5) is 4.76. The van der Waals surface area contributed by atoms with Gasteiger partial charge in [0.1, 0.15) is 30.2 Å². The van der Waals surface area contributed by atoms with Crippen molar-refractivity contribution >= 4 is 17.3 Å². The van der Waals surface area contributed by atoms with Crippen molar-refractivity contribution in [1.82, 2.24) is 0 Å². The zero-order chi connectivity index (χ0) is 23.3. The molecule has 1 aliphatic rings. The molecule has 0 radical (unpaired) electrons. The molecule has 5 atom stereocenters. The predicted octanol–water partition coefficient (Wildman–Crippen LogP) is 3.11. The smallest absolute Gasteiger partial charge is 0.186 e. The predicted molar refractivity (Wildman–Crippen MR) is 123 cm³/mol. The Labute approximate surface area is 193 Å². The first-order valence-corrected chi connectivity index (χ1v) is 11.1. The van der Waals surface area contributed by atoms with Crippen molar-refractivity contribution in [2.24, 2.45) is 4.99 Å². The van der Waals surface area contributed by atoms with Crippen LogP contribution in [-0.4, -0.2) is 65.9 Å². The molecule has 0 unspecified atom stereocenters. The molecule has 1 fully saturated rings. The highest BCUT2D eigenvalue weighted by Crippen LogP contribution is 2.35. The van der Waals surface area contributed by atoms with E-state index in [1.54, 1.807) is 18.2 Å². The van der Waals surface area contributed by atoms with Crippen LogP contribution in [-0.2, 0) is 9.47 Å². The van der Waals surface area contributed by atoms with Crippen LogP contribution in [0.3, 0.4) is 0 Å². The number of rotatable bonds is 8. The van der Waals surface area contributed by atoms with Crippen LogP contribution in [0.25, 0.3) is 0 Å². The molecule has 1 saturated heterocycles. The third kappa shape index (κ3) is 5.31. The number of ether oxygens (including phenoxy) is 3. The Balaban J connectivity index is 2.01. The Morgan fingerprint density at radius 2 is 1.75 bits per heavy atom. The normalized spacial score (nSPS) is 26.2. The molecule has 3 N–H and O–H groups in total. The van der Waals surface area contributed by atoms with Crippen LogP contribution in [0.1, 0.15) is 43.1 Å². The number of aliphatic hydroxyl groups is 3. The quantitative estimate of drug-likeness (QED) is 0.520. The second-order valence-electron chi connectivity index (χ2n) is 7.56. The van der Waals surface area contributed by atoms with Gasteiger partial charge in [0.05, 0.1) is 12.3 Å². The van der Waals surface area contributed by atoms with Crippen molar-refractivity contribution in [1.29, 1.82) is 0 Å². The second kappa shape index (κ2) is 11.2. The fourth-order valence-corrected chi connectivity index (χ4v) is 3.86. The maximum atomic E-state index is 10.5. The molecule has 0 bridgehead atoms. The van der Waals surface area contributed by atoms with Gasteiger partial charge < -0.3 is 29.5 Å². The minimum Gasteiger partial charge on any atom is -0.494 e. The molecule has 174 valence electrons. The highest BCUT2D eigenvalue weighted by molar-refractivity contribution is 6.35. The molecule has 32 heavy (non-hydrogen) atoms. The number of hydrogen-bond donors (Lipinski definition) is 3. The number of hydrogen-bond acceptors (Lipinski definition) is 7. The minimum atomic E-state index is -1.42. The van der Waals surface area contributed by atoms with Crippen molar-refractivity contribution in [3.63, 3.8) is 0 Å². The third-order valence-corrected chi connectivity index (χ3v) is 5.64. The Morgan fingerprint density at radius 3 is 2.38 bits per heavy atom. The van der Waals surface area contributed by atoms with Crippen LogP contribution in [0.15, 0.2) is 47.5 Å². The summed E-state index contributed by atoms with van der Waals surface area (Å²) < 4.78 is 16.4. The van der Waals surface area contributed by atoms with Gasteiger partial charge in [-0.15, -0.1) is 0 Å². The fourth-order valence-electron chi connectivity index (χ4n) is 3.65. The van der Waals surface area contributed by atoms with Gasteiger partial charge in [-0.3, -0.25) is 4.99 Å². The topological polar surface area (TPSA) is 101 Å². The van der Waals surface area contributed by atoms with E-state index in [2.05, 4.69) is 0 Å². The van der Waals surface area contributed by atoms with Gasteiger partial charge >= 0.3 is 0 Å². The number of benzene rings is 2. The van der Waals surface area contributed by atoms with Gasteiger partial charge in [-0.25, -0.2) is 0 Å². The Hall–Kier alpha value is -2.00. The molecular weight excluding hydrogens is 434 g/mol. The SMILES string of the molecule is CCCN=C(c1ccc(OCC)cc1)c1cc([C@H]2O[C@@H](OC)[C@H](O)[C@H](O)[C@H]2O)ccc1Cl. The van der Waals surface area contributed by atoms with E-state index >= 15 is 0 Å². The molecule has 0 saturated carbocycles. The molecule has 0 aromatic heterocycles. The number of halogens is 1. The van der Waals surface area contributed by atoms with Crippen molar-refractivity contribution in [2.75, 3.05) is 20.3 Å². The summed E-state index contributed by atoms with van der Waals surface area (Å²) in [6.07, 6.45) is -5.24. The summed E-state index contributed by atoms with van der Waals surface area (Å²) >= 11 is 6.56. The van der Waals surface area contributed by atoms with Gasteiger partial charge in [0.15, 0.2) is 6.29 Å². The molecule has 1 aliphatic heterocycles. The lowest BCUT2D eigenvalue weighted by Crippen LogP contribution is -2.54. The van der Waals surface area contributed by atoms with E-state index in [0.717, 1.165) is 17.7 Å². The van der Waals surface area contributed by atoms with Gasteiger partial charge in [0.25, 0.3) is 0 Å². The summed E-state index contributed by atoms with van der Waals surface area (Å²) in [6, 6.07) is 12.8. The number of aliphatic hydroxyl groups excluding tert-OH is 3. The average molecular weight is 464 g/mol. The highest BCUT2D eigenvalue weighted by Gasteiger charge is 2.44. The van der Waals surface area contributed by atoms with Gasteiger partial charge in [-0.2, -0.15) is 0 Å². The van der Waals surface area contributed by atoms with Crippen LogP contribution in [0.5, 0.6) is 5.75 Å². The molecule has 0 spiro atoms. The van der Waals surface area contributed by atoms with Crippen molar-refractivity contribution in [3.8, 4) is 5.75 Å². The maximum absolute atomic E-state index is 10.5. The van der Waals surface area contributed by atoms with Gasteiger partial charge in [-0.1, -0.05) is 24.6 Å². The van der Waals surface area contributed by atoms with E-state index in [1.165, 1.54) is 7.11 Å². The summed E-state index contributed by atoms with van der Waals surface area (Å²) in [7, 11) is 1.37. The molecule has 1 heterocycles. The lowest BCUT2D eigenvalue weighted by atomic mass is 9.91. The van der Waals surface area contributed by atoms with E-state index in [1.807, 2.05) is 38.1 Å². The van der Waals surface area contributed by atoms with E-state index in [4.69, 9.17) is 30.8 Å². The minimum absolute atomic E-state index is 0.492.